The lowest BCUT2D eigenvalue weighted by Gasteiger charge is -2.00. The predicted octanol–water partition coefficient (Wildman–Crippen LogP) is 2.82. The Morgan fingerprint density at radius 1 is 1.04 bits per heavy atom. The van der Waals surface area contributed by atoms with Crippen LogP contribution in [0.5, 0.6) is 0 Å². The first-order chi connectivity index (χ1) is 11.1. The van der Waals surface area contributed by atoms with E-state index in [1.54, 1.807) is 42.6 Å². The lowest BCUT2D eigenvalue weighted by Crippen LogP contribution is -2.01. The molecule has 3 rings (SSSR count). The summed E-state index contributed by atoms with van der Waals surface area (Å²) < 4.78 is 0. The van der Waals surface area contributed by atoms with Crippen molar-refractivity contribution in [3.63, 3.8) is 0 Å². The second-order valence-electron chi connectivity index (χ2n) is 4.51. The molecule has 23 heavy (non-hydrogen) atoms. The van der Waals surface area contributed by atoms with Crippen LogP contribution in [0.15, 0.2) is 66.9 Å². The monoisotopic (exact) mass is 310 g/mol. The Bertz CT molecular complexity index is 786. The molecule has 0 fully saturated rings. The number of carbonyl (C=O) groups excluding carboxylic acids is 1. The van der Waals surface area contributed by atoms with Crippen molar-refractivity contribution in [2.75, 3.05) is 5.73 Å². The van der Waals surface area contributed by atoms with Gasteiger partial charge in [0.15, 0.2) is 5.78 Å². The molecule has 0 aliphatic rings. The molecule has 7 heteroatoms. The number of nitrogens with zero attached hydrogens (tertiary/aromatic N) is 2. The van der Waals surface area contributed by atoms with Crippen LogP contribution in [0.4, 0.5) is 11.5 Å². The number of nitro benzene ring substituents is 1. The average Bonchev–Trinajstić information content (AvgIpc) is 3.06. The van der Waals surface area contributed by atoms with E-state index in [9.17, 15) is 14.9 Å². The number of ketones is 1. The lowest BCUT2D eigenvalue weighted by atomic mass is 10.0. The number of hydrogen-bond donors (Lipinski definition) is 2. The second kappa shape index (κ2) is 7.51. The van der Waals surface area contributed by atoms with E-state index >= 15 is 0 Å². The highest BCUT2D eigenvalue weighted by molar-refractivity contribution is 6.09. The summed E-state index contributed by atoms with van der Waals surface area (Å²) in [5.41, 5.74) is 5.93. The van der Waals surface area contributed by atoms with Crippen molar-refractivity contribution in [1.29, 1.82) is 0 Å². The number of carbonyl (C=O) groups is 1. The minimum Gasteiger partial charge on any atom is -0.384 e. The van der Waals surface area contributed by atoms with Gasteiger partial charge in [-0.05, 0) is 6.07 Å². The van der Waals surface area contributed by atoms with Gasteiger partial charge in [0.05, 0.1) is 11.1 Å². The van der Waals surface area contributed by atoms with Crippen LogP contribution in [0.1, 0.15) is 15.9 Å². The number of H-pyrrole nitrogens is 1. The molecule has 0 bridgehead atoms. The minimum absolute atomic E-state index is 0.0771. The van der Waals surface area contributed by atoms with Crippen LogP contribution in [-0.4, -0.2) is 20.9 Å². The van der Waals surface area contributed by atoms with Crippen LogP contribution < -0.4 is 5.73 Å². The van der Waals surface area contributed by atoms with Crippen LogP contribution in [-0.2, 0) is 0 Å². The molecule has 0 spiro atoms. The van der Waals surface area contributed by atoms with Gasteiger partial charge < -0.3 is 5.73 Å². The summed E-state index contributed by atoms with van der Waals surface area (Å²) in [7, 11) is 0. The van der Waals surface area contributed by atoms with Gasteiger partial charge in [-0.1, -0.05) is 42.5 Å². The van der Waals surface area contributed by atoms with Crippen molar-refractivity contribution in [2.45, 2.75) is 0 Å². The number of hydrogen-bond acceptors (Lipinski definition) is 5. The molecule has 1 aromatic heterocycles. The van der Waals surface area contributed by atoms with Crippen LogP contribution in [0.3, 0.4) is 0 Å². The second-order valence-corrected chi connectivity index (χ2v) is 4.51. The number of anilines is 1. The third-order valence-electron chi connectivity index (χ3n) is 2.88. The smallest absolute Gasteiger partial charge is 0.270 e. The highest BCUT2D eigenvalue weighted by atomic mass is 16.6. The summed E-state index contributed by atoms with van der Waals surface area (Å²) in [5, 5.41) is 16.7. The molecule has 0 radical (unpaired) electrons. The predicted molar refractivity (Wildman–Crippen MR) is 86.0 cm³/mol. The summed E-state index contributed by atoms with van der Waals surface area (Å²) in [6.45, 7) is 0. The Balaban J connectivity index is 0.000000268. The molecule has 3 N–H and O–H groups in total. The number of rotatable bonds is 3. The van der Waals surface area contributed by atoms with Crippen molar-refractivity contribution >= 4 is 17.3 Å². The zero-order valence-corrected chi connectivity index (χ0v) is 12.0. The molecule has 1 heterocycles. The Morgan fingerprint density at radius 3 is 2.26 bits per heavy atom. The first-order valence-electron chi connectivity index (χ1n) is 6.67. The van der Waals surface area contributed by atoms with Crippen molar-refractivity contribution in [2.24, 2.45) is 0 Å². The Labute approximate surface area is 131 Å². The molecule has 3 aromatic rings. The number of nitro groups is 1. The van der Waals surface area contributed by atoms with Gasteiger partial charge in [-0.2, -0.15) is 5.10 Å². The molecule has 2 aromatic carbocycles. The van der Waals surface area contributed by atoms with Gasteiger partial charge in [-0.15, -0.1) is 0 Å². The van der Waals surface area contributed by atoms with Gasteiger partial charge in [0, 0.05) is 23.3 Å². The van der Waals surface area contributed by atoms with E-state index < -0.39 is 4.92 Å². The molecule has 0 saturated carbocycles. The highest BCUT2D eigenvalue weighted by Crippen LogP contribution is 2.16. The fourth-order valence-electron chi connectivity index (χ4n) is 1.78. The lowest BCUT2D eigenvalue weighted by molar-refractivity contribution is -0.384. The summed E-state index contributed by atoms with van der Waals surface area (Å²) in [6, 6.07) is 16.1. The molecule has 0 aliphatic heterocycles. The third kappa shape index (κ3) is 4.50. The minimum atomic E-state index is -0.512. The maximum atomic E-state index is 12.0. The molecule has 0 unspecified atom stereocenters. The van der Waals surface area contributed by atoms with E-state index in [0.29, 0.717) is 16.9 Å². The summed E-state index contributed by atoms with van der Waals surface area (Å²) in [5.74, 6) is 0.393. The zero-order valence-electron chi connectivity index (χ0n) is 12.0. The van der Waals surface area contributed by atoms with Crippen molar-refractivity contribution < 1.29 is 9.72 Å². The van der Waals surface area contributed by atoms with Crippen LogP contribution in [0.2, 0.25) is 0 Å². The number of nitrogens with two attached hydrogens (primary N) is 1. The van der Waals surface area contributed by atoms with Crippen LogP contribution in [0.25, 0.3) is 0 Å². The number of non-ortho nitro benzene ring substituents is 1. The highest BCUT2D eigenvalue weighted by Gasteiger charge is 2.12. The Kier molecular flexibility index (Phi) is 5.19. The number of aromatic nitrogens is 2. The van der Waals surface area contributed by atoms with E-state index in [1.807, 2.05) is 6.07 Å². The fraction of sp³-hybridized carbons (Fsp3) is 0. The van der Waals surface area contributed by atoms with Crippen LogP contribution in [0, 0.1) is 10.1 Å². The number of nitrogens with one attached hydrogen (secondary N) is 1. The summed E-state index contributed by atoms with van der Waals surface area (Å²) >= 11 is 0. The van der Waals surface area contributed by atoms with E-state index in [2.05, 4.69) is 10.2 Å². The van der Waals surface area contributed by atoms with E-state index in [-0.39, 0.29) is 11.5 Å². The van der Waals surface area contributed by atoms with Crippen molar-refractivity contribution in [3.05, 3.63) is 88.1 Å². The fourth-order valence-corrected chi connectivity index (χ4v) is 1.78. The summed E-state index contributed by atoms with van der Waals surface area (Å²) in [4.78, 5) is 22.1. The number of nitrogen functional groups attached to an aromatic ring is 1. The van der Waals surface area contributed by atoms with Crippen molar-refractivity contribution in [1.82, 2.24) is 10.2 Å². The molecule has 0 amide bonds. The maximum absolute atomic E-state index is 12.0. The number of benzene rings is 2. The molecule has 0 saturated heterocycles. The van der Waals surface area contributed by atoms with E-state index in [1.165, 1.54) is 18.2 Å². The molecule has 0 atom stereocenters. The average molecular weight is 310 g/mol. The van der Waals surface area contributed by atoms with E-state index in [4.69, 9.17) is 5.73 Å². The largest absolute Gasteiger partial charge is 0.384 e. The topological polar surface area (TPSA) is 115 Å². The van der Waals surface area contributed by atoms with Crippen molar-refractivity contribution in [3.8, 4) is 0 Å². The molecule has 7 nitrogen and oxygen atoms in total. The first-order valence-corrected chi connectivity index (χ1v) is 6.67. The van der Waals surface area contributed by atoms with Gasteiger partial charge >= 0.3 is 0 Å². The van der Waals surface area contributed by atoms with Gasteiger partial charge in [-0.3, -0.25) is 20.0 Å². The first kappa shape index (κ1) is 15.9. The normalized spacial score (nSPS) is 9.57. The molecule has 116 valence electrons. The molecular weight excluding hydrogens is 296 g/mol. The maximum Gasteiger partial charge on any atom is 0.270 e. The number of aromatic amines is 1. The van der Waals surface area contributed by atoms with Gasteiger partial charge in [-0.25, -0.2) is 0 Å². The molecule has 0 aliphatic carbocycles. The third-order valence-corrected chi connectivity index (χ3v) is 2.88. The Morgan fingerprint density at radius 2 is 1.74 bits per heavy atom. The van der Waals surface area contributed by atoms with Gasteiger partial charge in [0.2, 0.25) is 0 Å². The van der Waals surface area contributed by atoms with E-state index in [0.717, 1.165) is 0 Å². The SMILES string of the molecule is Nc1ccn[nH]1.O=C(c1ccccc1)c1cccc([N+](=O)[O-])c1. The van der Waals surface area contributed by atoms with Crippen LogP contribution >= 0.6 is 0 Å². The summed E-state index contributed by atoms with van der Waals surface area (Å²) in [6.07, 6.45) is 1.61. The zero-order chi connectivity index (χ0) is 16.7. The quantitative estimate of drug-likeness (QED) is 0.438. The Hall–Kier alpha value is -3.48. The van der Waals surface area contributed by atoms with Gasteiger partial charge in [0.1, 0.15) is 5.82 Å². The molecular formula is C16H14N4O3. The standard InChI is InChI=1S/C13H9NO3.C3H5N3/c15-13(10-5-2-1-3-6-10)11-7-4-8-12(9-11)14(16)17;4-3-1-2-5-6-3/h1-9H;1-2H,(H3,4,5,6). The van der Waals surface area contributed by atoms with Gasteiger partial charge in [0.25, 0.3) is 5.69 Å².